The normalized spacial score (nSPS) is 32.8. The van der Waals surface area contributed by atoms with Crippen LogP contribution >= 0.6 is 11.6 Å². The fraction of sp³-hybridized carbons (Fsp3) is 0.634. The number of piperazine rings is 1. The Bertz CT molecular complexity index is 1780. The molecule has 2 bridgehead atoms. The Hall–Kier alpha value is -2.67. The first-order valence-corrected chi connectivity index (χ1v) is 21.4. The number of amides is 1. The standard InChI is InChI=1S/C41H57ClN4O6S/c1-29-7-5-17-41(51-4,27-45-20-18-44(2)19-21-45)35-12-9-32(35)25-46-26-40(16-6-8-30-23-33(42)11-13-34(30)40)28-52-37-14-10-31(24-36(37)46)39(47)43-53(48,49)38(29)15-22-50-3/h5,10-11,13-14,17,23-24,29,32,35,38H,6-9,12,15-16,18-22,25-28H2,1-4H3,(H,43,47)/b17-5+/t29-,32-,35+,38+,40-,41-/m0/s1. The van der Waals surface area contributed by atoms with Crippen molar-refractivity contribution in [2.75, 3.05) is 85.2 Å². The van der Waals surface area contributed by atoms with Gasteiger partial charge in [0, 0.05) is 82.6 Å². The van der Waals surface area contributed by atoms with Crippen molar-refractivity contribution in [3.05, 3.63) is 70.3 Å². The van der Waals surface area contributed by atoms with Gasteiger partial charge in [-0.05, 0) is 111 Å². The van der Waals surface area contributed by atoms with E-state index < -0.39 is 26.8 Å². The predicted molar refractivity (Wildman–Crippen MR) is 210 cm³/mol. The van der Waals surface area contributed by atoms with Crippen LogP contribution in [0.3, 0.4) is 0 Å². The number of fused-ring (bicyclic) bond motifs is 4. The Kier molecular flexibility index (Phi) is 11.5. The highest BCUT2D eigenvalue weighted by Gasteiger charge is 2.50. The zero-order valence-corrected chi connectivity index (χ0v) is 33.4. The Labute approximate surface area is 321 Å². The highest BCUT2D eigenvalue weighted by molar-refractivity contribution is 7.90. The molecule has 1 saturated carbocycles. The predicted octanol–water partition coefficient (Wildman–Crippen LogP) is 5.53. The molecule has 2 aromatic rings. The highest BCUT2D eigenvalue weighted by atomic mass is 35.5. The third-order valence-electron chi connectivity index (χ3n) is 13.0. The lowest BCUT2D eigenvalue weighted by Crippen LogP contribution is -2.58. The summed E-state index contributed by atoms with van der Waals surface area (Å²) in [4.78, 5) is 21.2. The van der Waals surface area contributed by atoms with Gasteiger partial charge in [0.15, 0.2) is 0 Å². The minimum Gasteiger partial charge on any atom is -0.490 e. The maximum atomic E-state index is 14.0. The van der Waals surface area contributed by atoms with Gasteiger partial charge in [-0.3, -0.25) is 9.69 Å². The minimum absolute atomic E-state index is 0.257. The van der Waals surface area contributed by atoms with Crippen molar-refractivity contribution in [1.29, 1.82) is 0 Å². The topological polar surface area (TPSA) is 101 Å². The summed E-state index contributed by atoms with van der Waals surface area (Å²) >= 11 is 6.51. The second-order valence-corrected chi connectivity index (χ2v) is 18.7. The second kappa shape index (κ2) is 15.8. The molecule has 2 aromatic carbocycles. The van der Waals surface area contributed by atoms with Gasteiger partial charge in [-0.15, -0.1) is 0 Å². The van der Waals surface area contributed by atoms with Gasteiger partial charge >= 0.3 is 0 Å². The summed E-state index contributed by atoms with van der Waals surface area (Å²) in [5, 5.41) is -0.0786. The smallest absolute Gasteiger partial charge is 0.264 e. The average Bonchev–Trinajstić information content (AvgIpc) is 3.27. The molecule has 0 radical (unpaired) electrons. The Morgan fingerprint density at radius 2 is 1.89 bits per heavy atom. The maximum absolute atomic E-state index is 14.0. The number of carbonyl (C=O) groups excluding carboxylic acids is 1. The van der Waals surface area contributed by atoms with E-state index in [9.17, 15) is 13.2 Å². The van der Waals surface area contributed by atoms with Crippen LogP contribution < -0.4 is 14.4 Å². The van der Waals surface area contributed by atoms with Crippen LogP contribution in [-0.2, 0) is 31.3 Å². The van der Waals surface area contributed by atoms with E-state index >= 15 is 0 Å². The molecule has 2 fully saturated rings. The summed E-state index contributed by atoms with van der Waals surface area (Å²) in [5.74, 6) is 0.401. The molecule has 0 unspecified atom stereocenters. The summed E-state index contributed by atoms with van der Waals surface area (Å²) in [5.41, 5.74) is 2.86. The first kappa shape index (κ1) is 38.6. The fourth-order valence-electron chi connectivity index (χ4n) is 9.78. The first-order chi connectivity index (χ1) is 25.5. The number of ether oxygens (including phenoxy) is 3. The molecule has 3 heterocycles. The second-order valence-electron chi connectivity index (χ2n) is 16.4. The Morgan fingerprint density at radius 1 is 1.08 bits per heavy atom. The van der Waals surface area contributed by atoms with Crippen molar-refractivity contribution < 1.29 is 27.4 Å². The summed E-state index contributed by atoms with van der Waals surface area (Å²) < 4.78 is 49.2. The monoisotopic (exact) mass is 768 g/mol. The maximum Gasteiger partial charge on any atom is 0.264 e. The van der Waals surface area contributed by atoms with Gasteiger partial charge in [-0.25, -0.2) is 13.1 Å². The number of rotatable bonds is 6. The van der Waals surface area contributed by atoms with Gasteiger partial charge in [0.05, 0.1) is 17.5 Å². The molecule has 0 aromatic heterocycles. The first-order valence-electron chi connectivity index (χ1n) is 19.5. The third kappa shape index (κ3) is 7.89. The van der Waals surface area contributed by atoms with Crippen LogP contribution in [-0.4, -0.2) is 115 Å². The summed E-state index contributed by atoms with van der Waals surface area (Å²) in [6.07, 6.45) is 10.3. The number of hydrogen-bond donors (Lipinski definition) is 1. The van der Waals surface area contributed by atoms with Crippen molar-refractivity contribution in [1.82, 2.24) is 14.5 Å². The van der Waals surface area contributed by atoms with Crippen LogP contribution in [0.4, 0.5) is 5.69 Å². The fourth-order valence-corrected chi connectivity index (χ4v) is 11.6. The van der Waals surface area contributed by atoms with E-state index in [2.05, 4.69) is 50.8 Å². The molecule has 5 aliphatic rings. The summed E-state index contributed by atoms with van der Waals surface area (Å²) in [6.45, 7) is 8.98. The minimum atomic E-state index is -4.06. The number of likely N-dealkylation sites (N-methyl/N-ethyl adjacent to an activating group) is 1. The number of nitrogens with zero attached hydrogens (tertiary/aromatic N) is 3. The quantitative estimate of drug-likeness (QED) is 0.381. The van der Waals surface area contributed by atoms with Crippen molar-refractivity contribution in [2.24, 2.45) is 17.8 Å². The molecule has 290 valence electrons. The van der Waals surface area contributed by atoms with E-state index in [4.69, 9.17) is 25.8 Å². The molecule has 12 heteroatoms. The van der Waals surface area contributed by atoms with E-state index in [-0.39, 0.29) is 30.3 Å². The number of nitrogens with one attached hydrogen (secondary N) is 1. The van der Waals surface area contributed by atoms with Crippen molar-refractivity contribution in [3.8, 4) is 5.75 Å². The van der Waals surface area contributed by atoms with E-state index in [1.165, 1.54) is 11.1 Å². The number of carbonyl (C=O) groups is 1. The van der Waals surface area contributed by atoms with Gasteiger partial charge in [-0.1, -0.05) is 36.7 Å². The SMILES string of the molecule is COCC[C@@H]1[C@@H](C)C/C=C/[C@@](CN2CCN(C)CC2)(OC)[C@@H]2CC[C@H]2CN2C[C@@]3(CCCc4cc(Cl)ccc43)COc3ccc(cc32)C(=O)NS1(=O)=O. The molecular formula is C41H57ClN4O6S. The highest BCUT2D eigenvalue weighted by Crippen LogP contribution is 2.49. The molecule has 1 spiro atoms. The van der Waals surface area contributed by atoms with E-state index in [1.807, 2.05) is 32.2 Å². The van der Waals surface area contributed by atoms with Crippen LogP contribution in [0.1, 0.15) is 66.9 Å². The lowest BCUT2D eigenvalue weighted by atomic mass is 9.63. The zero-order valence-electron chi connectivity index (χ0n) is 31.8. The van der Waals surface area contributed by atoms with Gasteiger partial charge < -0.3 is 24.0 Å². The third-order valence-corrected chi connectivity index (χ3v) is 15.2. The number of benzene rings is 2. The van der Waals surface area contributed by atoms with Crippen LogP contribution in [0.2, 0.25) is 5.02 Å². The number of allylic oxidation sites excluding steroid dienone is 1. The molecule has 53 heavy (non-hydrogen) atoms. The van der Waals surface area contributed by atoms with Gasteiger partial charge in [0.2, 0.25) is 10.0 Å². The van der Waals surface area contributed by atoms with Crippen molar-refractivity contribution in [2.45, 2.75) is 68.1 Å². The van der Waals surface area contributed by atoms with Crippen LogP contribution in [0.25, 0.3) is 0 Å². The lowest BCUT2D eigenvalue weighted by molar-refractivity contribution is -0.0949. The molecule has 2 aliphatic carbocycles. The van der Waals surface area contributed by atoms with Crippen LogP contribution in [0.15, 0.2) is 48.6 Å². The molecule has 1 amide bonds. The Morgan fingerprint density at radius 3 is 2.62 bits per heavy atom. The Balaban J connectivity index is 1.32. The zero-order chi connectivity index (χ0) is 37.4. The van der Waals surface area contributed by atoms with Crippen LogP contribution in [0, 0.1) is 17.8 Å². The van der Waals surface area contributed by atoms with Gasteiger partial charge in [0.1, 0.15) is 11.4 Å². The molecule has 6 atom stereocenters. The van der Waals surface area contributed by atoms with Crippen molar-refractivity contribution >= 4 is 33.2 Å². The molecule has 10 nitrogen and oxygen atoms in total. The number of halogens is 1. The molecule has 1 N–H and O–H groups in total. The van der Waals surface area contributed by atoms with Crippen LogP contribution in [0.5, 0.6) is 5.75 Å². The lowest BCUT2D eigenvalue weighted by Gasteiger charge is -2.52. The number of anilines is 1. The molecule has 3 aliphatic heterocycles. The number of sulfonamides is 1. The van der Waals surface area contributed by atoms with Crippen molar-refractivity contribution in [3.63, 3.8) is 0 Å². The van der Waals surface area contributed by atoms with E-state index in [1.54, 1.807) is 13.2 Å². The largest absolute Gasteiger partial charge is 0.490 e. The molecule has 1 saturated heterocycles. The summed E-state index contributed by atoms with van der Waals surface area (Å²) in [7, 11) is 1.54. The van der Waals surface area contributed by atoms with E-state index in [0.717, 1.165) is 82.1 Å². The van der Waals surface area contributed by atoms with Gasteiger partial charge in [-0.2, -0.15) is 0 Å². The molecular weight excluding hydrogens is 712 g/mol. The van der Waals surface area contributed by atoms with Gasteiger partial charge in [0.25, 0.3) is 5.91 Å². The van der Waals surface area contributed by atoms with E-state index in [0.29, 0.717) is 36.8 Å². The number of aryl methyl sites for hydroxylation is 1. The number of hydrogen-bond acceptors (Lipinski definition) is 9. The summed E-state index contributed by atoms with van der Waals surface area (Å²) in [6, 6.07) is 11.6. The average molecular weight is 769 g/mol. The molecule has 7 rings (SSSR count). The number of methoxy groups -OCH3 is 2.